The highest BCUT2D eigenvalue weighted by Gasteiger charge is 2.20. The molecular formula is C15H22IN3O4S. The Morgan fingerprint density at radius 3 is 2.50 bits per heavy atom. The van der Waals surface area contributed by atoms with Crippen molar-refractivity contribution in [3.8, 4) is 0 Å². The third-order valence-electron chi connectivity index (χ3n) is 3.66. The molecule has 1 saturated heterocycles. The first-order valence-electron chi connectivity index (χ1n) is 7.66. The Balaban J connectivity index is 1.89. The fourth-order valence-electron chi connectivity index (χ4n) is 2.37. The molecule has 0 aromatic heterocycles. The van der Waals surface area contributed by atoms with Gasteiger partial charge in [0.05, 0.1) is 25.2 Å². The van der Waals surface area contributed by atoms with Crippen LogP contribution in [-0.2, 0) is 19.6 Å². The summed E-state index contributed by atoms with van der Waals surface area (Å²) in [5.41, 5.74) is 0.487. The van der Waals surface area contributed by atoms with E-state index in [9.17, 15) is 13.2 Å². The highest BCUT2D eigenvalue weighted by Crippen LogP contribution is 2.18. The molecule has 0 unspecified atom stereocenters. The van der Waals surface area contributed by atoms with Crippen LogP contribution in [0.4, 0.5) is 5.69 Å². The number of carbonyl (C=O) groups is 1. The fourth-order valence-corrected chi connectivity index (χ4v) is 3.59. The number of amides is 1. The average molecular weight is 467 g/mol. The maximum atomic E-state index is 12.1. The van der Waals surface area contributed by atoms with Gasteiger partial charge >= 0.3 is 0 Å². The van der Waals surface area contributed by atoms with Crippen LogP contribution in [0.3, 0.4) is 0 Å². The van der Waals surface area contributed by atoms with Crippen molar-refractivity contribution in [3.63, 3.8) is 0 Å². The van der Waals surface area contributed by atoms with Gasteiger partial charge in [0.25, 0.3) is 0 Å². The van der Waals surface area contributed by atoms with Gasteiger partial charge in [0.1, 0.15) is 6.54 Å². The minimum absolute atomic E-state index is 0.220. The van der Waals surface area contributed by atoms with Crippen LogP contribution in [0.25, 0.3) is 0 Å². The monoisotopic (exact) mass is 467 g/mol. The maximum Gasteiger partial charge on any atom is 0.240 e. The van der Waals surface area contributed by atoms with Crippen molar-refractivity contribution in [2.75, 3.05) is 56.5 Å². The summed E-state index contributed by atoms with van der Waals surface area (Å²) in [7, 11) is -3.53. The minimum atomic E-state index is -3.53. The Kier molecular flexibility index (Phi) is 7.26. The lowest BCUT2D eigenvalue weighted by Crippen LogP contribution is -2.44. The Morgan fingerprint density at radius 1 is 1.29 bits per heavy atom. The third kappa shape index (κ3) is 6.19. The van der Waals surface area contributed by atoms with Crippen molar-refractivity contribution in [2.24, 2.45) is 0 Å². The zero-order chi connectivity index (χ0) is 17.6. The number of anilines is 1. The first-order chi connectivity index (χ1) is 11.4. The highest BCUT2D eigenvalue weighted by atomic mass is 127. The smallest absolute Gasteiger partial charge is 0.240 e. The number of nitrogens with zero attached hydrogens (tertiary/aromatic N) is 2. The van der Waals surface area contributed by atoms with Crippen LogP contribution in [-0.4, -0.2) is 71.4 Å². The molecule has 1 aliphatic rings. The summed E-state index contributed by atoms with van der Waals surface area (Å²) in [5, 5.41) is 2.78. The molecule has 7 nitrogen and oxygen atoms in total. The average Bonchev–Trinajstić information content (AvgIpc) is 2.54. The number of nitrogens with one attached hydrogen (secondary N) is 1. The molecule has 9 heteroatoms. The van der Waals surface area contributed by atoms with E-state index in [1.165, 1.54) is 0 Å². The van der Waals surface area contributed by atoms with Crippen LogP contribution in [0.15, 0.2) is 24.3 Å². The van der Waals surface area contributed by atoms with E-state index in [1.807, 2.05) is 12.1 Å². The molecule has 1 N–H and O–H groups in total. The number of rotatable bonds is 7. The van der Waals surface area contributed by atoms with Crippen molar-refractivity contribution in [3.05, 3.63) is 27.8 Å². The number of halogens is 1. The zero-order valence-electron chi connectivity index (χ0n) is 13.6. The Bertz CT molecular complexity index is 645. The molecule has 1 aromatic rings. The molecule has 0 radical (unpaired) electrons. The fraction of sp³-hybridized carbons (Fsp3) is 0.533. The van der Waals surface area contributed by atoms with Crippen LogP contribution in [0.5, 0.6) is 0 Å². The van der Waals surface area contributed by atoms with Gasteiger partial charge in [-0.25, -0.2) is 8.42 Å². The topological polar surface area (TPSA) is 79.0 Å². The van der Waals surface area contributed by atoms with E-state index in [0.29, 0.717) is 25.4 Å². The number of carbonyl (C=O) groups excluding carboxylic acids is 1. The standard InChI is InChI=1S/C15H22IN3O4S/c1-24(21,22)19(14-4-2-13(16)3-5-14)12-15(20)17-6-7-18-8-10-23-11-9-18/h2-5H,6-12H2,1H3,(H,17,20). The Labute approximate surface area is 156 Å². The molecule has 0 aliphatic carbocycles. The second-order valence-corrected chi connectivity index (χ2v) is 8.70. The molecule has 2 rings (SSSR count). The maximum absolute atomic E-state index is 12.1. The zero-order valence-corrected chi connectivity index (χ0v) is 16.5. The van der Waals surface area contributed by atoms with E-state index in [-0.39, 0.29) is 12.5 Å². The molecule has 1 heterocycles. The van der Waals surface area contributed by atoms with Gasteiger partial charge in [0.15, 0.2) is 0 Å². The van der Waals surface area contributed by atoms with Gasteiger partial charge in [0.2, 0.25) is 15.9 Å². The lowest BCUT2D eigenvalue weighted by atomic mass is 10.3. The summed E-state index contributed by atoms with van der Waals surface area (Å²) >= 11 is 2.14. The largest absolute Gasteiger partial charge is 0.379 e. The summed E-state index contributed by atoms with van der Waals surface area (Å²) < 4.78 is 31.4. The van der Waals surface area contributed by atoms with E-state index in [0.717, 1.165) is 33.8 Å². The van der Waals surface area contributed by atoms with Gasteiger partial charge in [-0.05, 0) is 46.9 Å². The summed E-state index contributed by atoms with van der Waals surface area (Å²) in [6.07, 6.45) is 1.10. The van der Waals surface area contributed by atoms with Crippen LogP contribution < -0.4 is 9.62 Å². The number of hydrogen-bond donors (Lipinski definition) is 1. The minimum Gasteiger partial charge on any atom is -0.379 e. The molecular weight excluding hydrogens is 445 g/mol. The quantitative estimate of drug-likeness (QED) is 0.592. The van der Waals surface area contributed by atoms with Crippen molar-refractivity contribution in [2.45, 2.75) is 0 Å². The predicted octanol–water partition coefficient (Wildman–Crippen LogP) is 0.506. The third-order valence-corrected chi connectivity index (χ3v) is 5.52. The van der Waals surface area contributed by atoms with Gasteiger partial charge in [0, 0.05) is 29.7 Å². The summed E-state index contributed by atoms with van der Waals surface area (Å²) in [4.78, 5) is 14.3. The first-order valence-corrected chi connectivity index (χ1v) is 10.6. The number of hydrogen-bond acceptors (Lipinski definition) is 5. The van der Waals surface area contributed by atoms with Crippen LogP contribution in [0.1, 0.15) is 0 Å². The number of sulfonamides is 1. The molecule has 0 atom stereocenters. The lowest BCUT2D eigenvalue weighted by molar-refractivity contribution is -0.119. The summed E-state index contributed by atoms with van der Waals surface area (Å²) in [6, 6.07) is 7.02. The second-order valence-electron chi connectivity index (χ2n) is 5.55. The molecule has 1 amide bonds. The van der Waals surface area contributed by atoms with Gasteiger partial charge in [-0.2, -0.15) is 0 Å². The predicted molar refractivity (Wildman–Crippen MR) is 102 cm³/mol. The normalized spacial score (nSPS) is 15.9. The molecule has 1 aromatic carbocycles. The molecule has 1 fully saturated rings. The van der Waals surface area contributed by atoms with Crippen molar-refractivity contribution < 1.29 is 17.9 Å². The molecule has 134 valence electrons. The molecule has 24 heavy (non-hydrogen) atoms. The Morgan fingerprint density at radius 2 is 1.92 bits per heavy atom. The first kappa shape index (κ1) is 19.4. The molecule has 1 aliphatic heterocycles. The van der Waals surface area contributed by atoms with E-state index in [2.05, 4.69) is 32.8 Å². The number of morpholine rings is 1. The van der Waals surface area contributed by atoms with Crippen LogP contribution in [0.2, 0.25) is 0 Å². The molecule has 0 bridgehead atoms. The number of ether oxygens (including phenoxy) is 1. The van der Waals surface area contributed by atoms with Gasteiger partial charge in [-0.1, -0.05) is 0 Å². The van der Waals surface area contributed by atoms with Gasteiger partial charge < -0.3 is 10.1 Å². The molecule has 0 spiro atoms. The van der Waals surface area contributed by atoms with Crippen molar-refractivity contribution in [1.29, 1.82) is 0 Å². The van der Waals surface area contributed by atoms with Gasteiger partial charge in [-0.3, -0.25) is 14.0 Å². The number of benzene rings is 1. The SMILES string of the molecule is CS(=O)(=O)N(CC(=O)NCCN1CCOCC1)c1ccc(I)cc1. The van der Waals surface area contributed by atoms with E-state index in [4.69, 9.17) is 4.74 Å². The van der Waals surface area contributed by atoms with E-state index in [1.54, 1.807) is 12.1 Å². The second kappa shape index (κ2) is 8.97. The van der Waals surface area contributed by atoms with Crippen LogP contribution in [0, 0.1) is 3.57 Å². The van der Waals surface area contributed by atoms with Crippen molar-refractivity contribution in [1.82, 2.24) is 10.2 Å². The molecule has 0 saturated carbocycles. The van der Waals surface area contributed by atoms with E-state index >= 15 is 0 Å². The summed E-state index contributed by atoms with van der Waals surface area (Å²) in [5.74, 6) is -0.313. The van der Waals surface area contributed by atoms with Gasteiger partial charge in [-0.15, -0.1) is 0 Å². The lowest BCUT2D eigenvalue weighted by Gasteiger charge is -2.27. The van der Waals surface area contributed by atoms with E-state index < -0.39 is 10.0 Å². The van der Waals surface area contributed by atoms with Crippen LogP contribution >= 0.6 is 22.6 Å². The summed E-state index contributed by atoms with van der Waals surface area (Å²) in [6.45, 7) is 4.14. The Hall–Kier alpha value is -0.910. The van der Waals surface area contributed by atoms with Crippen molar-refractivity contribution >= 4 is 44.2 Å². The highest BCUT2D eigenvalue weighted by molar-refractivity contribution is 14.1.